The van der Waals surface area contributed by atoms with Crippen LogP contribution in [0.25, 0.3) is 0 Å². The van der Waals surface area contributed by atoms with E-state index in [1.807, 2.05) is 0 Å². The first-order chi connectivity index (χ1) is 9.06. The molecule has 2 aromatic rings. The molecule has 0 fully saturated rings. The van der Waals surface area contributed by atoms with E-state index in [-0.39, 0.29) is 11.4 Å². The van der Waals surface area contributed by atoms with Gasteiger partial charge in [0.1, 0.15) is 11.6 Å². The molecule has 0 heterocycles. The SMILES string of the molecule is Oc1ccc(Br)cc1C=NNc1ccc(F)cc1F. The van der Waals surface area contributed by atoms with Crippen LogP contribution in [-0.2, 0) is 0 Å². The van der Waals surface area contributed by atoms with E-state index in [1.54, 1.807) is 12.1 Å². The van der Waals surface area contributed by atoms with Crippen LogP contribution in [0, 0.1) is 11.6 Å². The van der Waals surface area contributed by atoms with Gasteiger partial charge in [0.2, 0.25) is 0 Å². The second kappa shape index (κ2) is 5.79. The number of hydrogen-bond donors (Lipinski definition) is 2. The van der Waals surface area contributed by atoms with E-state index >= 15 is 0 Å². The van der Waals surface area contributed by atoms with Crippen LogP contribution in [0.2, 0.25) is 0 Å². The van der Waals surface area contributed by atoms with Gasteiger partial charge in [-0.05, 0) is 30.3 Å². The zero-order chi connectivity index (χ0) is 13.8. The summed E-state index contributed by atoms with van der Waals surface area (Å²) in [5.41, 5.74) is 2.95. The Kier molecular flexibility index (Phi) is 4.11. The number of phenolic OH excluding ortho intramolecular Hbond substituents is 1. The lowest BCUT2D eigenvalue weighted by Gasteiger charge is -2.02. The van der Waals surface area contributed by atoms with Crippen molar-refractivity contribution in [3.8, 4) is 5.75 Å². The zero-order valence-corrected chi connectivity index (χ0v) is 11.2. The highest BCUT2D eigenvalue weighted by Gasteiger charge is 2.02. The van der Waals surface area contributed by atoms with Crippen LogP contribution in [0.15, 0.2) is 46.0 Å². The predicted molar refractivity (Wildman–Crippen MR) is 73.4 cm³/mol. The van der Waals surface area contributed by atoms with Gasteiger partial charge in [-0.25, -0.2) is 8.78 Å². The maximum Gasteiger partial charge on any atom is 0.151 e. The number of nitrogens with zero attached hydrogens (tertiary/aromatic N) is 1. The lowest BCUT2D eigenvalue weighted by Crippen LogP contribution is -1.94. The van der Waals surface area contributed by atoms with Gasteiger partial charge in [-0.3, -0.25) is 5.43 Å². The molecule has 0 saturated carbocycles. The van der Waals surface area contributed by atoms with E-state index in [9.17, 15) is 13.9 Å². The van der Waals surface area contributed by atoms with Crippen LogP contribution in [0.3, 0.4) is 0 Å². The van der Waals surface area contributed by atoms with E-state index in [1.165, 1.54) is 18.3 Å². The number of hydrogen-bond acceptors (Lipinski definition) is 3. The van der Waals surface area contributed by atoms with Crippen molar-refractivity contribution in [2.75, 3.05) is 5.43 Å². The summed E-state index contributed by atoms with van der Waals surface area (Å²) >= 11 is 3.26. The number of rotatable bonds is 3. The molecule has 0 unspecified atom stereocenters. The fraction of sp³-hybridized carbons (Fsp3) is 0. The molecular formula is C13H9BrF2N2O. The average molecular weight is 327 g/mol. The minimum absolute atomic E-state index is 0.0483. The number of phenols is 1. The Morgan fingerprint density at radius 1 is 1.16 bits per heavy atom. The maximum absolute atomic E-state index is 13.3. The molecule has 2 aromatic carbocycles. The van der Waals surface area contributed by atoms with Crippen LogP contribution in [0.4, 0.5) is 14.5 Å². The third-order valence-corrected chi connectivity index (χ3v) is 2.80. The zero-order valence-electron chi connectivity index (χ0n) is 9.57. The lowest BCUT2D eigenvalue weighted by molar-refractivity contribution is 0.474. The largest absolute Gasteiger partial charge is 0.507 e. The van der Waals surface area contributed by atoms with Crippen molar-refractivity contribution in [1.29, 1.82) is 0 Å². The Morgan fingerprint density at radius 2 is 1.95 bits per heavy atom. The van der Waals surface area contributed by atoms with E-state index in [0.29, 0.717) is 5.56 Å². The first-order valence-corrected chi connectivity index (χ1v) is 6.08. The van der Waals surface area contributed by atoms with Crippen molar-refractivity contribution in [3.63, 3.8) is 0 Å². The van der Waals surface area contributed by atoms with Gasteiger partial charge >= 0.3 is 0 Å². The molecule has 0 atom stereocenters. The quantitative estimate of drug-likeness (QED) is 0.664. The fourth-order valence-electron chi connectivity index (χ4n) is 1.38. The molecule has 0 bridgehead atoms. The third kappa shape index (κ3) is 3.51. The molecule has 19 heavy (non-hydrogen) atoms. The van der Waals surface area contributed by atoms with Crippen molar-refractivity contribution < 1.29 is 13.9 Å². The Hall–Kier alpha value is -1.95. The van der Waals surface area contributed by atoms with Gasteiger partial charge in [-0.15, -0.1) is 0 Å². The summed E-state index contributed by atoms with van der Waals surface area (Å²) in [4.78, 5) is 0. The Balaban J connectivity index is 2.13. The van der Waals surface area contributed by atoms with Crippen molar-refractivity contribution in [2.45, 2.75) is 0 Å². The molecule has 3 nitrogen and oxygen atoms in total. The smallest absolute Gasteiger partial charge is 0.151 e. The summed E-state index contributed by atoms with van der Waals surface area (Å²) in [6, 6.07) is 7.96. The Labute approximate surface area is 116 Å². The Morgan fingerprint density at radius 3 is 2.68 bits per heavy atom. The van der Waals surface area contributed by atoms with Crippen molar-refractivity contribution in [2.24, 2.45) is 5.10 Å². The lowest BCUT2D eigenvalue weighted by atomic mass is 10.2. The summed E-state index contributed by atoms with van der Waals surface area (Å²) in [7, 11) is 0. The van der Waals surface area contributed by atoms with Crippen LogP contribution in [0.5, 0.6) is 5.75 Å². The first kappa shape index (κ1) is 13.5. The molecule has 0 saturated heterocycles. The molecule has 98 valence electrons. The number of nitrogens with one attached hydrogen (secondary N) is 1. The monoisotopic (exact) mass is 326 g/mol. The Bertz CT molecular complexity index is 632. The number of aromatic hydroxyl groups is 1. The predicted octanol–water partition coefficient (Wildman–Crippen LogP) is 3.88. The highest BCUT2D eigenvalue weighted by molar-refractivity contribution is 9.10. The normalized spacial score (nSPS) is 10.9. The summed E-state index contributed by atoms with van der Waals surface area (Å²) in [5, 5.41) is 13.3. The summed E-state index contributed by atoms with van der Waals surface area (Å²) < 4.78 is 26.8. The van der Waals surface area contributed by atoms with Gasteiger partial charge in [0.25, 0.3) is 0 Å². The van der Waals surface area contributed by atoms with E-state index in [0.717, 1.165) is 16.6 Å². The second-order valence-corrected chi connectivity index (χ2v) is 4.61. The molecule has 2 N–H and O–H groups in total. The average Bonchev–Trinajstić information content (AvgIpc) is 2.36. The first-order valence-electron chi connectivity index (χ1n) is 5.29. The number of benzene rings is 2. The van der Waals surface area contributed by atoms with E-state index in [4.69, 9.17) is 0 Å². The van der Waals surface area contributed by atoms with E-state index in [2.05, 4.69) is 26.5 Å². The van der Waals surface area contributed by atoms with Crippen molar-refractivity contribution >= 4 is 27.8 Å². The highest BCUT2D eigenvalue weighted by Crippen LogP contribution is 2.20. The van der Waals surface area contributed by atoms with Gasteiger partial charge in [0.05, 0.1) is 11.9 Å². The summed E-state index contributed by atoms with van der Waals surface area (Å²) in [5.74, 6) is -1.35. The molecule has 0 spiro atoms. The van der Waals surface area contributed by atoms with Crippen molar-refractivity contribution in [3.05, 3.63) is 58.1 Å². The molecule has 0 aliphatic heterocycles. The molecular weight excluding hydrogens is 318 g/mol. The standard InChI is InChI=1S/C13H9BrF2N2O/c14-9-1-4-13(19)8(5-9)7-17-18-12-3-2-10(15)6-11(12)16/h1-7,18-19H. The minimum atomic E-state index is -0.740. The second-order valence-electron chi connectivity index (χ2n) is 3.70. The molecule has 2 rings (SSSR count). The van der Waals surface area contributed by atoms with Gasteiger partial charge in [0, 0.05) is 16.1 Å². The van der Waals surface area contributed by atoms with E-state index < -0.39 is 11.6 Å². The van der Waals surface area contributed by atoms with Gasteiger partial charge in [-0.2, -0.15) is 5.10 Å². The fourth-order valence-corrected chi connectivity index (χ4v) is 1.76. The van der Waals surface area contributed by atoms with Crippen LogP contribution < -0.4 is 5.43 Å². The van der Waals surface area contributed by atoms with Gasteiger partial charge < -0.3 is 5.11 Å². The molecule has 0 aromatic heterocycles. The highest BCUT2D eigenvalue weighted by atomic mass is 79.9. The number of anilines is 1. The topological polar surface area (TPSA) is 44.6 Å². The summed E-state index contributed by atoms with van der Waals surface area (Å²) in [6.07, 6.45) is 1.34. The van der Waals surface area contributed by atoms with Crippen LogP contribution >= 0.6 is 15.9 Å². The number of halogens is 3. The van der Waals surface area contributed by atoms with Gasteiger partial charge in [0.15, 0.2) is 5.82 Å². The number of hydrazone groups is 1. The van der Waals surface area contributed by atoms with Crippen molar-refractivity contribution in [1.82, 2.24) is 0 Å². The molecule has 0 radical (unpaired) electrons. The molecule has 0 aliphatic rings. The summed E-state index contributed by atoms with van der Waals surface area (Å²) in [6.45, 7) is 0. The van der Waals surface area contributed by atoms with Gasteiger partial charge in [-0.1, -0.05) is 15.9 Å². The third-order valence-electron chi connectivity index (χ3n) is 2.31. The maximum atomic E-state index is 13.3. The molecule has 0 aliphatic carbocycles. The minimum Gasteiger partial charge on any atom is -0.507 e. The molecule has 0 amide bonds. The van der Waals surface area contributed by atoms with Crippen LogP contribution in [0.1, 0.15) is 5.56 Å². The van der Waals surface area contributed by atoms with Crippen LogP contribution in [-0.4, -0.2) is 11.3 Å². The molecule has 6 heteroatoms.